The lowest BCUT2D eigenvalue weighted by atomic mass is 10.0. The predicted molar refractivity (Wildman–Crippen MR) is 173 cm³/mol. The first-order chi connectivity index (χ1) is 19.4. The molecule has 202 valence electrons. The fraction of sp³-hybridized carbons (Fsp3) is 0.235. The van der Waals surface area contributed by atoms with Gasteiger partial charge < -0.3 is 4.55 Å². The van der Waals surface area contributed by atoms with Crippen molar-refractivity contribution in [2.75, 3.05) is 0 Å². The van der Waals surface area contributed by atoms with Crippen LogP contribution in [0.4, 0.5) is 0 Å². The van der Waals surface area contributed by atoms with E-state index in [9.17, 15) is 9.59 Å². The van der Waals surface area contributed by atoms with Crippen LogP contribution in [0, 0.1) is 0 Å². The molecule has 0 unspecified atom stereocenters. The maximum absolute atomic E-state index is 15.1. The van der Waals surface area contributed by atoms with Crippen LogP contribution in [-0.4, -0.2) is 4.55 Å². The van der Waals surface area contributed by atoms with E-state index in [0.29, 0.717) is 44.2 Å². The van der Waals surface area contributed by atoms with Crippen molar-refractivity contribution in [2.24, 2.45) is 0 Å². The van der Waals surface area contributed by atoms with Crippen LogP contribution < -0.4 is 10.9 Å². The van der Waals surface area contributed by atoms with Gasteiger partial charge in [0, 0.05) is 51.9 Å². The number of hydrogen-bond donors (Lipinski definition) is 0. The molecule has 40 heavy (non-hydrogen) atoms. The summed E-state index contributed by atoms with van der Waals surface area (Å²) in [6.07, 6.45) is 2.83. The molecule has 0 N–H and O–H groups in total. The molecule has 6 heteroatoms. The molecule has 2 aromatic heterocycles. The zero-order chi connectivity index (χ0) is 28.1. The van der Waals surface area contributed by atoms with E-state index in [2.05, 4.69) is 26.0 Å². The molecule has 0 radical (unpaired) electrons. The number of aryl methyl sites for hydroxylation is 4. The molecule has 0 saturated heterocycles. The summed E-state index contributed by atoms with van der Waals surface area (Å²) in [6.45, 7) is 8.28. The van der Waals surface area contributed by atoms with Crippen LogP contribution in [-0.2, 0) is 36.9 Å². The molecule has 0 aliphatic carbocycles. The number of rotatable bonds is 6. The average molecular weight is 583 g/mol. The van der Waals surface area contributed by atoms with Crippen molar-refractivity contribution in [3.63, 3.8) is 0 Å². The Hall–Kier alpha value is -3.03. The third-order valence-corrected chi connectivity index (χ3v) is 12.0. The van der Waals surface area contributed by atoms with E-state index >= 15 is 4.55 Å². The Bertz CT molecular complexity index is 1920. The Morgan fingerprint density at radius 1 is 0.600 bits per heavy atom. The van der Waals surface area contributed by atoms with E-state index in [0.717, 1.165) is 53.9 Å². The molecule has 6 rings (SSSR count). The van der Waals surface area contributed by atoms with Crippen molar-refractivity contribution >= 4 is 74.2 Å². The van der Waals surface area contributed by atoms with Crippen molar-refractivity contribution in [1.29, 1.82) is 0 Å². The second-order valence-corrected chi connectivity index (χ2v) is 13.5. The van der Waals surface area contributed by atoms with E-state index in [1.54, 1.807) is 22.7 Å². The van der Waals surface area contributed by atoms with Gasteiger partial charge in [-0.2, -0.15) is 0 Å². The Labute approximate surface area is 244 Å². The summed E-state index contributed by atoms with van der Waals surface area (Å²) < 4.78 is 18.7. The van der Waals surface area contributed by atoms with Crippen LogP contribution in [0.25, 0.3) is 40.3 Å². The van der Waals surface area contributed by atoms with E-state index < -0.39 is 11.2 Å². The van der Waals surface area contributed by atoms with E-state index in [1.165, 1.54) is 0 Å². The van der Waals surface area contributed by atoms with Gasteiger partial charge in [-0.15, -0.1) is 22.7 Å². The van der Waals surface area contributed by atoms with Gasteiger partial charge in [-0.1, -0.05) is 52.0 Å². The molecule has 0 amide bonds. The minimum absolute atomic E-state index is 0.0826. The highest BCUT2D eigenvalue weighted by Gasteiger charge is 2.32. The lowest BCUT2D eigenvalue weighted by molar-refractivity contribution is 0.594. The molecule has 0 bridgehead atoms. The van der Waals surface area contributed by atoms with Gasteiger partial charge >= 0.3 is 0 Å². The standard InChI is InChI=1S/C34H30O3S3/c1-5-19-17-21(7-3)33(27-29(35)23-13-9-11-15-25(23)38-31(19)27)40(37)34-22(8-4)18-20(6-2)32-28(34)30(36)24-14-10-12-16-26(24)39-32/h9-18H,5-8H2,1-4H3. The van der Waals surface area contributed by atoms with E-state index in [1.807, 2.05) is 62.4 Å². The Kier molecular flexibility index (Phi) is 7.30. The van der Waals surface area contributed by atoms with Gasteiger partial charge in [-0.3, -0.25) is 9.59 Å². The van der Waals surface area contributed by atoms with Crippen molar-refractivity contribution in [3.05, 3.63) is 103 Å². The van der Waals surface area contributed by atoms with Crippen LogP contribution >= 0.6 is 22.7 Å². The molecule has 0 saturated carbocycles. The Morgan fingerprint density at radius 3 is 1.35 bits per heavy atom. The minimum atomic E-state index is -1.73. The van der Waals surface area contributed by atoms with E-state index in [-0.39, 0.29) is 10.9 Å². The monoisotopic (exact) mass is 582 g/mol. The highest BCUT2D eigenvalue weighted by atomic mass is 32.2. The number of fused-ring (bicyclic) bond motifs is 4. The number of hydrogen-bond acceptors (Lipinski definition) is 5. The first-order valence-corrected chi connectivity index (χ1v) is 16.6. The second kappa shape index (κ2) is 10.7. The molecule has 0 aliphatic rings. The summed E-state index contributed by atoms with van der Waals surface area (Å²) in [7, 11) is 0. The van der Waals surface area contributed by atoms with E-state index in [4.69, 9.17) is 0 Å². The van der Waals surface area contributed by atoms with Crippen LogP contribution in [0.15, 0.2) is 80.0 Å². The molecule has 0 atom stereocenters. The lowest BCUT2D eigenvalue weighted by Gasteiger charge is -2.21. The summed E-state index contributed by atoms with van der Waals surface area (Å²) in [5.74, 6) is 0. The molecule has 0 spiro atoms. The average Bonchev–Trinajstić information content (AvgIpc) is 2.99. The molecule has 0 aliphatic heterocycles. The second-order valence-electron chi connectivity index (χ2n) is 9.99. The molecule has 2 heterocycles. The fourth-order valence-corrected chi connectivity index (χ4v) is 10.2. The first kappa shape index (κ1) is 27.2. The van der Waals surface area contributed by atoms with Gasteiger partial charge in [0.05, 0.1) is 10.8 Å². The Balaban J connectivity index is 1.80. The highest BCUT2D eigenvalue weighted by molar-refractivity contribution is 7.92. The van der Waals surface area contributed by atoms with Gasteiger partial charge in [-0.25, -0.2) is 0 Å². The maximum atomic E-state index is 15.1. The van der Waals surface area contributed by atoms with Gasteiger partial charge in [0.25, 0.3) is 0 Å². The summed E-state index contributed by atoms with van der Waals surface area (Å²) in [5, 5.41) is 2.39. The topological polar surface area (TPSA) is 57.2 Å². The van der Waals surface area contributed by atoms with Crippen molar-refractivity contribution in [3.8, 4) is 0 Å². The zero-order valence-corrected chi connectivity index (χ0v) is 25.5. The van der Waals surface area contributed by atoms with Gasteiger partial charge in [0.2, 0.25) is 10.9 Å². The quantitative estimate of drug-likeness (QED) is 0.146. The summed E-state index contributed by atoms with van der Waals surface area (Å²) in [4.78, 5) is 29.4. The Morgan fingerprint density at radius 2 is 0.975 bits per heavy atom. The van der Waals surface area contributed by atoms with Crippen molar-refractivity contribution in [2.45, 2.75) is 63.2 Å². The predicted octanol–water partition coefficient (Wildman–Crippen LogP) is 8.56. The SMILES string of the molecule is CCc1cc(CC)c2sc3ccccc3c(=O)c2c1[S+]([O-])c1c(CC)cc(CC)c2sc3ccccc3c(=O)c12. The van der Waals surface area contributed by atoms with Crippen LogP contribution in [0.3, 0.4) is 0 Å². The van der Waals surface area contributed by atoms with Crippen molar-refractivity contribution < 1.29 is 4.55 Å². The van der Waals surface area contributed by atoms with Crippen molar-refractivity contribution in [1.82, 2.24) is 0 Å². The van der Waals surface area contributed by atoms with Crippen LogP contribution in [0.1, 0.15) is 49.9 Å². The zero-order valence-electron chi connectivity index (χ0n) is 23.1. The molecule has 4 aromatic carbocycles. The van der Waals surface area contributed by atoms with Gasteiger partial charge in [-0.05, 0) is 73.2 Å². The molecule has 0 fully saturated rings. The molecular weight excluding hydrogens is 553 g/mol. The minimum Gasteiger partial charge on any atom is -0.606 e. The largest absolute Gasteiger partial charge is 0.606 e. The summed E-state index contributed by atoms with van der Waals surface area (Å²) >= 11 is 1.45. The van der Waals surface area contributed by atoms with Crippen LogP contribution in [0.5, 0.6) is 0 Å². The van der Waals surface area contributed by atoms with Crippen LogP contribution in [0.2, 0.25) is 0 Å². The fourth-order valence-electron chi connectivity index (χ4n) is 5.73. The smallest absolute Gasteiger partial charge is 0.200 e. The normalized spacial score (nSPS) is 11.9. The van der Waals surface area contributed by atoms with Gasteiger partial charge in [0.1, 0.15) is 0 Å². The summed E-state index contributed by atoms with van der Waals surface area (Å²) in [6, 6.07) is 19.6. The number of benzene rings is 4. The lowest BCUT2D eigenvalue weighted by Crippen LogP contribution is -2.17. The highest BCUT2D eigenvalue weighted by Crippen LogP contribution is 2.41. The van der Waals surface area contributed by atoms with Gasteiger partial charge in [0.15, 0.2) is 9.79 Å². The molecular formula is C34H30O3S3. The third-order valence-electron chi connectivity index (χ3n) is 7.81. The molecule has 3 nitrogen and oxygen atoms in total. The maximum Gasteiger partial charge on any atom is 0.200 e. The molecule has 6 aromatic rings. The first-order valence-electron chi connectivity index (χ1n) is 13.9. The summed E-state index contributed by atoms with van der Waals surface area (Å²) in [5.41, 5.74) is 3.85. The third kappa shape index (κ3) is 4.12.